The second-order valence-corrected chi connectivity index (χ2v) is 5.81. The predicted octanol–water partition coefficient (Wildman–Crippen LogP) is 3.61. The Morgan fingerprint density at radius 2 is 2.23 bits per heavy atom. The van der Waals surface area contributed by atoms with Crippen LogP contribution in [-0.2, 0) is 4.79 Å². The zero-order valence-electron chi connectivity index (χ0n) is 12.8. The Labute approximate surface area is 130 Å². The lowest BCUT2D eigenvalue weighted by molar-refractivity contribution is -0.122. The highest BCUT2D eigenvalue weighted by molar-refractivity contribution is 5.76. The molecule has 0 unspecified atom stereocenters. The molecule has 3 rings (SSSR count). The number of amides is 1. The highest BCUT2D eigenvalue weighted by atomic mass is 16.1. The molecule has 2 aromatic rings. The van der Waals surface area contributed by atoms with Crippen LogP contribution >= 0.6 is 0 Å². The van der Waals surface area contributed by atoms with E-state index < -0.39 is 0 Å². The first kappa shape index (κ1) is 14.6. The summed E-state index contributed by atoms with van der Waals surface area (Å²) in [4.78, 5) is 19.8. The Morgan fingerprint density at radius 3 is 2.95 bits per heavy atom. The molecule has 1 aliphatic rings. The molecular formula is C18H21N3O. The zero-order valence-corrected chi connectivity index (χ0v) is 12.8. The van der Waals surface area contributed by atoms with E-state index in [1.165, 1.54) is 0 Å². The number of H-pyrrole nitrogens is 1. The van der Waals surface area contributed by atoms with Crippen LogP contribution in [0.2, 0.25) is 0 Å². The van der Waals surface area contributed by atoms with Crippen LogP contribution in [0.1, 0.15) is 38.1 Å². The van der Waals surface area contributed by atoms with E-state index in [1.54, 1.807) is 0 Å². The number of rotatable bonds is 5. The highest BCUT2D eigenvalue weighted by Gasteiger charge is 2.17. The Balaban J connectivity index is 1.60. The van der Waals surface area contributed by atoms with E-state index in [0.29, 0.717) is 12.3 Å². The van der Waals surface area contributed by atoms with Crippen molar-refractivity contribution < 1.29 is 4.79 Å². The third-order valence-corrected chi connectivity index (χ3v) is 4.03. The van der Waals surface area contributed by atoms with Gasteiger partial charge in [-0.1, -0.05) is 42.5 Å². The normalized spacial score (nSPS) is 18.3. The van der Waals surface area contributed by atoms with Crippen molar-refractivity contribution in [3.05, 3.63) is 54.5 Å². The van der Waals surface area contributed by atoms with E-state index in [1.807, 2.05) is 43.5 Å². The SMILES string of the molecule is C[C@H](NC(=O)C[C@@H]1C=CCC1)c1ncc(-c2ccccc2)[nH]1. The average Bonchev–Trinajstić information content (AvgIpc) is 3.19. The summed E-state index contributed by atoms with van der Waals surface area (Å²) in [5, 5.41) is 3.02. The second kappa shape index (κ2) is 6.60. The molecule has 2 N–H and O–H groups in total. The number of hydrogen-bond acceptors (Lipinski definition) is 2. The number of hydrogen-bond donors (Lipinski definition) is 2. The maximum Gasteiger partial charge on any atom is 0.221 e. The number of nitrogens with one attached hydrogen (secondary N) is 2. The lowest BCUT2D eigenvalue weighted by Crippen LogP contribution is -2.28. The van der Waals surface area contributed by atoms with Crippen LogP contribution in [0.25, 0.3) is 11.3 Å². The van der Waals surface area contributed by atoms with Crippen molar-refractivity contribution in [2.24, 2.45) is 5.92 Å². The van der Waals surface area contributed by atoms with Crippen LogP contribution in [0.15, 0.2) is 48.7 Å². The van der Waals surface area contributed by atoms with Gasteiger partial charge in [0.25, 0.3) is 0 Å². The molecule has 0 saturated heterocycles. The summed E-state index contributed by atoms with van der Waals surface area (Å²) in [5.41, 5.74) is 2.06. The predicted molar refractivity (Wildman–Crippen MR) is 87.1 cm³/mol. The minimum atomic E-state index is -0.115. The van der Waals surface area contributed by atoms with E-state index in [-0.39, 0.29) is 11.9 Å². The maximum absolute atomic E-state index is 12.1. The summed E-state index contributed by atoms with van der Waals surface area (Å²) >= 11 is 0. The molecule has 1 aromatic carbocycles. The van der Waals surface area contributed by atoms with Crippen molar-refractivity contribution in [1.29, 1.82) is 0 Å². The summed E-state index contributed by atoms with van der Waals surface area (Å²) in [6.07, 6.45) is 8.84. The third kappa shape index (κ3) is 3.45. The van der Waals surface area contributed by atoms with Crippen LogP contribution in [0, 0.1) is 5.92 Å². The second-order valence-electron chi connectivity index (χ2n) is 5.81. The van der Waals surface area contributed by atoms with E-state index in [9.17, 15) is 4.79 Å². The number of aromatic nitrogens is 2. The number of benzene rings is 1. The van der Waals surface area contributed by atoms with Crippen LogP contribution in [0.4, 0.5) is 0 Å². The van der Waals surface area contributed by atoms with Gasteiger partial charge in [0.15, 0.2) is 0 Å². The Hall–Kier alpha value is -2.36. The van der Waals surface area contributed by atoms with Crippen molar-refractivity contribution in [2.75, 3.05) is 0 Å². The quantitative estimate of drug-likeness (QED) is 0.828. The third-order valence-electron chi connectivity index (χ3n) is 4.03. The van der Waals surface area contributed by atoms with E-state index in [4.69, 9.17) is 0 Å². The van der Waals surface area contributed by atoms with Gasteiger partial charge in [0.05, 0.1) is 17.9 Å². The molecule has 4 heteroatoms. The van der Waals surface area contributed by atoms with E-state index >= 15 is 0 Å². The monoisotopic (exact) mass is 295 g/mol. The summed E-state index contributed by atoms with van der Waals surface area (Å²) in [6, 6.07) is 9.93. The number of carbonyl (C=O) groups is 1. The van der Waals surface area contributed by atoms with Crippen molar-refractivity contribution in [2.45, 2.75) is 32.2 Å². The largest absolute Gasteiger partial charge is 0.346 e. The molecule has 0 saturated carbocycles. The molecular weight excluding hydrogens is 274 g/mol. The first-order chi connectivity index (χ1) is 10.7. The van der Waals surface area contributed by atoms with Gasteiger partial charge in [-0.15, -0.1) is 0 Å². The van der Waals surface area contributed by atoms with Crippen LogP contribution < -0.4 is 5.32 Å². The standard InChI is InChI=1S/C18H21N3O/c1-13(20-17(22)11-14-7-5-6-8-14)18-19-12-16(21-18)15-9-3-2-4-10-15/h2-5,7,9-10,12-14H,6,8,11H2,1H3,(H,19,21)(H,20,22)/t13-,14+/m0/s1. The molecule has 2 atom stereocenters. The molecule has 1 aromatic heterocycles. The molecule has 22 heavy (non-hydrogen) atoms. The molecule has 0 aliphatic heterocycles. The first-order valence-corrected chi connectivity index (χ1v) is 7.78. The molecule has 0 bridgehead atoms. The van der Waals surface area contributed by atoms with Crippen molar-refractivity contribution in [3.8, 4) is 11.3 Å². The van der Waals surface area contributed by atoms with Crippen molar-refractivity contribution in [3.63, 3.8) is 0 Å². The number of aromatic amines is 1. The minimum absolute atomic E-state index is 0.0849. The summed E-state index contributed by atoms with van der Waals surface area (Å²) in [6.45, 7) is 1.95. The van der Waals surface area contributed by atoms with Gasteiger partial charge in [0.1, 0.15) is 5.82 Å². The zero-order chi connectivity index (χ0) is 15.4. The Morgan fingerprint density at radius 1 is 1.41 bits per heavy atom. The summed E-state index contributed by atoms with van der Waals surface area (Å²) < 4.78 is 0. The van der Waals surface area contributed by atoms with Gasteiger partial charge in [-0.05, 0) is 31.2 Å². The summed E-state index contributed by atoms with van der Waals surface area (Å²) in [5.74, 6) is 1.26. The fraction of sp³-hybridized carbons (Fsp3) is 0.333. The van der Waals surface area contributed by atoms with Gasteiger partial charge in [0, 0.05) is 6.42 Å². The molecule has 0 radical (unpaired) electrons. The van der Waals surface area contributed by atoms with Gasteiger partial charge in [-0.25, -0.2) is 4.98 Å². The number of imidazole rings is 1. The fourth-order valence-corrected chi connectivity index (χ4v) is 2.79. The van der Waals surface area contributed by atoms with E-state index in [2.05, 4.69) is 27.4 Å². The Bertz CT molecular complexity index is 660. The number of allylic oxidation sites excluding steroid dienone is 2. The van der Waals surface area contributed by atoms with Crippen LogP contribution in [0.3, 0.4) is 0 Å². The van der Waals surface area contributed by atoms with Gasteiger partial charge in [0.2, 0.25) is 5.91 Å². The fourth-order valence-electron chi connectivity index (χ4n) is 2.79. The number of carbonyl (C=O) groups excluding carboxylic acids is 1. The number of nitrogens with zero attached hydrogens (tertiary/aromatic N) is 1. The lowest BCUT2D eigenvalue weighted by Gasteiger charge is -2.13. The minimum Gasteiger partial charge on any atom is -0.346 e. The van der Waals surface area contributed by atoms with Gasteiger partial charge < -0.3 is 10.3 Å². The molecule has 0 fully saturated rings. The van der Waals surface area contributed by atoms with Gasteiger partial charge in [-0.2, -0.15) is 0 Å². The van der Waals surface area contributed by atoms with Crippen molar-refractivity contribution in [1.82, 2.24) is 15.3 Å². The topological polar surface area (TPSA) is 57.8 Å². The molecule has 1 aliphatic carbocycles. The average molecular weight is 295 g/mol. The van der Waals surface area contributed by atoms with Crippen LogP contribution in [-0.4, -0.2) is 15.9 Å². The maximum atomic E-state index is 12.1. The van der Waals surface area contributed by atoms with Gasteiger partial charge in [-0.3, -0.25) is 4.79 Å². The molecule has 4 nitrogen and oxygen atoms in total. The smallest absolute Gasteiger partial charge is 0.221 e. The molecule has 114 valence electrons. The van der Waals surface area contributed by atoms with Gasteiger partial charge >= 0.3 is 0 Å². The molecule has 0 spiro atoms. The highest BCUT2D eigenvalue weighted by Crippen LogP contribution is 2.21. The molecule has 1 amide bonds. The molecule has 1 heterocycles. The first-order valence-electron chi connectivity index (χ1n) is 7.78. The van der Waals surface area contributed by atoms with Crippen molar-refractivity contribution >= 4 is 5.91 Å². The van der Waals surface area contributed by atoms with Crippen LogP contribution in [0.5, 0.6) is 0 Å². The Kier molecular flexibility index (Phi) is 4.37. The van der Waals surface area contributed by atoms with E-state index in [0.717, 1.165) is 29.9 Å². The summed E-state index contributed by atoms with van der Waals surface area (Å²) in [7, 11) is 0. The lowest BCUT2D eigenvalue weighted by atomic mass is 10.0.